The van der Waals surface area contributed by atoms with Gasteiger partial charge < -0.3 is 14.6 Å². The van der Waals surface area contributed by atoms with Gasteiger partial charge in [-0.1, -0.05) is 55.3 Å². The van der Waals surface area contributed by atoms with Gasteiger partial charge in [-0.2, -0.15) is 0 Å². The Balaban J connectivity index is 1.40. The first-order valence-corrected chi connectivity index (χ1v) is 12.8. The number of rotatable bonds is 9. The normalized spacial score (nSPS) is 21.7. The number of halogens is 1. The lowest BCUT2D eigenvalue weighted by atomic mass is 9.76. The summed E-state index contributed by atoms with van der Waals surface area (Å²) in [5.41, 5.74) is 4.87. The number of aryl methyl sites for hydroxylation is 1. The van der Waals surface area contributed by atoms with Gasteiger partial charge in [0.05, 0.1) is 6.61 Å². The van der Waals surface area contributed by atoms with Crippen LogP contribution in [0.25, 0.3) is 0 Å². The predicted octanol–water partition coefficient (Wildman–Crippen LogP) is 7.50. The summed E-state index contributed by atoms with van der Waals surface area (Å²) in [4.78, 5) is 10.8. The number of benzene rings is 2. The van der Waals surface area contributed by atoms with Crippen LogP contribution >= 0.6 is 11.6 Å². The van der Waals surface area contributed by atoms with Crippen molar-refractivity contribution in [3.63, 3.8) is 0 Å². The second-order valence-corrected chi connectivity index (χ2v) is 10.2. The molecule has 5 heteroatoms. The molecule has 2 aliphatic rings. The number of allylic oxidation sites excluding steroid dienone is 1. The van der Waals surface area contributed by atoms with Crippen LogP contribution in [0.15, 0.2) is 48.6 Å². The minimum absolute atomic E-state index is 0.0331. The van der Waals surface area contributed by atoms with Crippen molar-refractivity contribution < 1.29 is 19.4 Å². The molecule has 2 aromatic rings. The molecule has 4 rings (SSSR count). The van der Waals surface area contributed by atoms with Gasteiger partial charge in [0, 0.05) is 34.1 Å². The van der Waals surface area contributed by atoms with E-state index in [0.29, 0.717) is 19.1 Å². The van der Waals surface area contributed by atoms with E-state index in [-0.39, 0.29) is 11.8 Å². The second kappa shape index (κ2) is 10.9. The molecule has 1 aliphatic heterocycles. The smallest absolute Gasteiger partial charge is 0.303 e. The summed E-state index contributed by atoms with van der Waals surface area (Å²) in [6.07, 6.45) is 8.14. The monoisotopic (exact) mass is 482 g/mol. The highest BCUT2D eigenvalue weighted by molar-refractivity contribution is 6.31. The average molecular weight is 483 g/mol. The number of aliphatic carboxylic acids is 1. The van der Waals surface area contributed by atoms with Crippen LogP contribution in [0, 0.1) is 5.92 Å². The van der Waals surface area contributed by atoms with Crippen molar-refractivity contribution in [2.45, 2.75) is 76.7 Å². The molecule has 1 fully saturated rings. The van der Waals surface area contributed by atoms with E-state index in [1.807, 2.05) is 12.1 Å². The fourth-order valence-electron chi connectivity index (χ4n) is 5.38. The fourth-order valence-corrected chi connectivity index (χ4v) is 5.55. The SMILES string of the molecule is C=C1CCC2(CCC1CCCCC(=O)O)COc1cc(OCc3cc(CC)ccc3Cl)ccc12. The third-order valence-electron chi connectivity index (χ3n) is 7.61. The van der Waals surface area contributed by atoms with Crippen molar-refractivity contribution in [2.24, 2.45) is 5.92 Å². The van der Waals surface area contributed by atoms with Crippen molar-refractivity contribution in [3.05, 3.63) is 70.3 Å². The van der Waals surface area contributed by atoms with Gasteiger partial charge >= 0.3 is 5.97 Å². The van der Waals surface area contributed by atoms with Gasteiger partial charge in [-0.05, 0) is 68.6 Å². The van der Waals surface area contributed by atoms with Crippen LogP contribution in [0.2, 0.25) is 5.02 Å². The van der Waals surface area contributed by atoms with Crippen LogP contribution < -0.4 is 9.47 Å². The van der Waals surface area contributed by atoms with E-state index < -0.39 is 5.97 Å². The third-order valence-corrected chi connectivity index (χ3v) is 7.98. The molecule has 2 atom stereocenters. The summed E-state index contributed by atoms with van der Waals surface area (Å²) in [6.45, 7) is 7.64. The molecule has 182 valence electrons. The first-order chi connectivity index (χ1) is 16.4. The summed E-state index contributed by atoms with van der Waals surface area (Å²) in [6, 6.07) is 12.3. The molecule has 1 saturated carbocycles. The van der Waals surface area contributed by atoms with Gasteiger partial charge in [0.25, 0.3) is 0 Å². The molecule has 0 aromatic heterocycles. The third kappa shape index (κ3) is 5.60. The lowest BCUT2D eigenvalue weighted by Crippen LogP contribution is -2.27. The number of carbonyl (C=O) groups is 1. The van der Waals surface area contributed by atoms with Gasteiger partial charge in [0.1, 0.15) is 18.1 Å². The topological polar surface area (TPSA) is 55.8 Å². The molecule has 0 radical (unpaired) electrons. The number of ether oxygens (including phenoxy) is 2. The first-order valence-electron chi connectivity index (χ1n) is 12.5. The molecular weight excluding hydrogens is 448 g/mol. The molecule has 2 aromatic carbocycles. The van der Waals surface area contributed by atoms with E-state index in [4.69, 9.17) is 26.2 Å². The highest BCUT2D eigenvalue weighted by Crippen LogP contribution is 2.50. The molecule has 1 aliphatic carbocycles. The maximum Gasteiger partial charge on any atom is 0.303 e. The quantitative estimate of drug-likeness (QED) is 0.297. The molecule has 4 nitrogen and oxygen atoms in total. The van der Waals surface area contributed by atoms with Crippen LogP contribution in [0.4, 0.5) is 0 Å². The Morgan fingerprint density at radius 1 is 1.24 bits per heavy atom. The van der Waals surface area contributed by atoms with Crippen LogP contribution in [-0.2, 0) is 23.2 Å². The predicted molar refractivity (Wildman–Crippen MR) is 136 cm³/mol. The first kappa shape index (κ1) is 24.7. The molecule has 34 heavy (non-hydrogen) atoms. The molecule has 1 heterocycles. The Bertz CT molecular complexity index is 1050. The Morgan fingerprint density at radius 2 is 2.09 bits per heavy atom. The number of carboxylic acids is 1. The Labute approximate surface area is 207 Å². The van der Waals surface area contributed by atoms with Crippen molar-refractivity contribution in [1.82, 2.24) is 0 Å². The molecule has 0 amide bonds. The largest absolute Gasteiger partial charge is 0.492 e. The minimum Gasteiger partial charge on any atom is -0.492 e. The summed E-state index contributed by atoms with van der Waals surface area (Å²) < 4.78 is 12.3. The van der Waals surface area contributed by atoms with E-state index in [2.05, 4.69) is 37.8 Å². The number of unbranched alkanes of at least 4 members (excludes halogenated alkanes) is 1. The number of hydrogen-bond acceptors (Lipinski definition) is 3. The van der Waals surface area contributed by atoms with Crippen LogP contribution in [-0.4, -0.2) is 17.7 Å². The number of carboxylic acid groups (broad SMARTS) is 1. The van der Waals surface area contributed by atoms with Crippen LogP contribution in [0.5, 0.6) is 11.5 Å². The zero-order valence-electron chi connectivity index (χ0n) is 20.1. The number of hydrogen-bond donors (Lipinski definition) is 1. The Morgan fingerprint density at radius 3 is 2.88 bits per heavy atom. The van der Waals surface area contributed by atoms with E-state index in [0.717, 1.165) is 73.5 Å². The van der Waals surface area contributed by atoms with Gasteiger partial charge in [-0.15, -0.1) is 0 Å². The summed E-state index contributed by atoms with van der Waals surface area (Å²) in [7, 11) is 0. The molecule has 0 saturated heterocycles. The van der Waals surface area contributed by atoms with Crippen molar-refractivity contribution >= 4 is 17.6 Å². The van der Waals surface area contributed by atoms with Crippen LogP contribution in [0.3, 0.4) is 0 Å². The van der Waals surface area contributed by atoms with Gasteiger partial charge in [0.15, 0.2) is 0 Å². The van der Waals surface area contributed by atoms with Gasteiger partial charge in [0.2, 0.25) is 0 Å². The minimum atomic E-state index is -0.709. The van der Waals surface area contributed by atoms with E-state index in [1.54, 1.807) is 0 Å². The fraction of sp³-hybridized carbons (Fsp3) is 0.483. The van der Waals surface area contributed by atoms with E-state index in [1.165, 1.54) is 16.7 Å². The lowest BCUT2D eigenvalue weighted by molar-refractivity contribution is -0.137. The van der Waals surface area contributed by atoms with Gasteiger partial charge in [-0.25, -0.2) is 0 Å². The highest BCUT2D eigenvalue weighted by Gasteiger charge is 2.42. The Kier molecular flexibility index (Phi) is 7.88. The maximum absolute atomic E-state index is 10.8. The number of fused-ring (bicyclic) bond motifs is 2. The van der Waals surface area contributed by atoms with Gasteiger partial charge in [-0.3, -0.25) is 4.79 Å². The summed E-state index contributed by atoms with van der Waals surface area (Å²) >= 11 is 6.37. The van der Waals surface area contributed by atoms with E-state index >= 15 is 0 Å². The second-order valence-electron chi connectivity index (χ2n) is 9.83. The zero-order chi connectivity index (χ0) is 24.1. The lowest BCUT2D eigenvalue weighted by Gasteiger charge is -2.26. The molecule has 1 spiro atoms. The average Bonchev–Trinajstić information content (AvgIpc) is 3.10. The summed E-state index contributed by atoms with van der Waals surface area (Å²) in [5.74, 6) is 1.49. The van der Waals surface area contributed by atoms with E-state index in [9.17, 15) is 4.79 Å². The zero-order valence-corrected chi connectivity index (χ0v) is 20.8. The van der Waals surface area contributed by atoms with Crippen molar-refractivity contribution in [2.75, 3.05) is 6.61 Å². The van der Waals surface area contributed by atoms with Crippen molar-refractivity contribution in [1.29, 1.82) is 0 Å². The maximum atomic E-state index is 10.8. The molecule has 0 bridgehead atoms. The highest BCUT2D eigenvalue weighted by atomic mass is 35.5. The Hall–Kier alpha value is -2.46. The summed E-state index contributed by atoms with van der Waals surface area (Å²) in [5, 5.41) is 9.60. The van der Waals surface area contributed by atoms with Crippen LogP contribution in [0.1, 0.15) is 75.0 Å². The standard InChI is InChI=1S/C29H35ClO4/c1-3-21-8-11-26(30)23(16-21)18-33-24-9-10-25-27(17-24)34-19-29(25)14-12-20(2)22(13-15-29)6-4-5-7-28(31)32/h8-11,16-17,22H,2-7,12-15,18-19H2,1H3,(H,31,32). The van der Waals surface area contributed by atoms with Crippen molar-refractivity contribution in [3.8, 4) is 11.5 Å². The molecular formula is C29H35ClO4. The molecule has 2 unspecified atom stereocenters. The molecule has 1 N–H and O–H groups in total.